The van der Waals surface area contributed by atoms with Crippen LogP contribution in [0.1, 0.15) is 21.7 Å². The molecular formula is C12H11N5O. The molecule has 90 valence electrons. The van der Waals surface area contributed by atoms with Crippen molar-refractivity contribution in [1.29, 1.82) is 0 Å². The highest BCUT2D eigenvalue weighted by molar-refractivity contribution is 5.76. The van der Waals surface area contributed by atoms with Crippen LogP contribution in [0.3, 0.4) is 0 Å². The third kappa shape index (κ3) is 2.88. The fourth-order valence-corrected chi connectivity index (χ4v) is 1.36. The van der Waals surface area contributed by atoms with E-state index in [-0.39, 0.29) is 11.9 Å². The Bertz CT molecular complexity index is 572. The van der Waals surface area contributed by atoms with Gasteiger partial charge in [-0.3, -0.25) is 4.79 Å². The first-order chi connectivity index (χ1) is 8.67. The first kappa shape index (κ1) is 11.7. The molecule has 6 nitrogen and oxygen atoms in total. The normalized spacial score (nSPS) is 10.7. The summed E-state index contributed by atoms with van der Waals surface area (Å²) in [6.07, 6.45) is 4.26. The van der Waals surface area contributed by atoms with Gasteiger partial charge in [-0.1, -0.05) is 30.3 Å². The topological polar surface area (TPSA) is 108 Å². The number of hydrogen-bond donors (Lipinski definition) is 2. The van der Waals surface area contributed by atoms with E-state index in [9.17, 15) is 4.79 Å². The Labute approximate surface area is 103 Å². The van der Waals surface area contributed by atoms with E-state index in [1.165, 1.54) is 0 Å². The Morgan fingerprint density at radius 2 is 1.39 bits per heavy atom. The van der Waals surface area contributed by atoms with E-state index in [4.69, 9.17) is 11.5 Å². The molecule has 0 aliphatic rings. The molecule has 0 fully saturated rings. The number of aldehydes is 1. The lowest BCUT2D eigenvalue weighted by atomic mass is 10.1. The molecule has 0 atom stereocenters. The fourth-order valence-electron chi connectivity index (χ4n) is 1.36. The summed E-state index contributed by atoms with van der Waals surface area (Å²) in [6, 6.07) is 7.08. The molecule has 0 radical (unpaired) electrons. The van der Waals surface area contributed by atoms with Crippen LogP contribution in [0.15, 0.2) is 24.3 Å². The standard InChI is InChI=1S/C12H11N5O/c13-11-15-10(16-12(14)17-11)6-5-8-1-3-9(7-18)4-2-8/h1-7H,(H4,13,14,15,16,17). The lowest BCUT2D eigenvalue weighted by Gasteiger charge is -1.97. The molecule has 0 saturated carbocycles. The van der Waals surface area contributed by atoms with Gasteiger partial charge in [-0.2, -0.15) is 15.0 Å². The fraction of sp³-hybridized carbons (Fsp3) is 0. The van der Waals surface area contributed by atoms with E-state index in [0.717, 1.165) is 11.8 Å². The quantitative estimate of drug-likeness (QED) is 0.776. The van der Waals surface area contributed by atoms with Crippen molar-refractivity contribution in [1.82, 2.24) is 15.0 Å². The average Bonchev–Trinajstić information content (AvgIpc) is 2.36. The predicted octanol–water partition coefficient (Wildman–Crippen LogP) is 1.02. The molecule has 0 saturated heterocycles. The molecule has 0 aliphatic carbocycles. The van der Waals surface area contributed by atoms with Crippen LogP contribution < -0.4 is 11.5 Å². The van der Waals surface area contributed by atoms with Gasteiger partial charge in [0.05, 0.1) is 0 Å². The van der Waals surface area contributed by atoms with Crippen LogP contribution in [-0.4, -0.2) is 21.2 Å². The van der Waals surface area contributed by atoms with Crippen LogP contribution in [0, 0.1) is 0 Å². The van der Waals surface area contributed by atoms with Crippen LogP contribution in [0.4, 0.5) is 11.9 Å². The number of benzene rings is 1. The van der Waals surface area contributed by atoms with Gasteiger partial charge in [-0.25, -0.2) is 0 Å². The molecule has 2 aromatic rings. The lowest BCUT2D eigenvalue weighted by molar-refractivity contribution is 0.112. The van der Waals surface area contributed by atoms with Gasteiger partial charge in [0.25, 0.3) is 0 Å². The van der Waals surface area contributed by atoms with Crippen molar-refractivity contribution in [2.75, 3.05) is 11.5 Å². The van der Waals surface area contributed by atoms with E-state index >= 15 is 0 Å². The smallest absolute Gasteiger partial charge is 0.225 e. The maximum Gasteiger partial charge on any atom is 0.225 e. The first-order valence-corrected chi connectivity index (χ1v) is 5.18. The number of nitrogen functional groups attached to an aromatic ring is 2. The molecule has 0 unspecified atom stereocenters. The Morgan fingerprint density at radius 3 is 1.94 bits per heavy atom. The predicted molar refractivity (Wildman–Crippen MR) is 69.4 cm³/mol. The monoisotopic (exact) mass is 241 g/mol. The summed E-state index contributed by atoms with van der Waals surface area (Å²) in [5.74, 6) is 0.552. The molecule has 18 heavy (non-hydrogen) atoms. The summed E-state index contributed by atoms with van der Waals surface area (Å²) in [6.45, 7) is 0. The van der Waals surface area contributed by atoms with Gasteiger partial charge >= 0.3 is 0 Å². The van der Waals surface area contributed by atoms with Crippen LogP contribution in [0.25, 0.3) is 12.2 Å². The highest BCUT2D eigenvalue weighted by Crippen LogP contribution is 2.08. The van der Waals surface area contributed by atoms with Crippen molar-refractivity contribution >= 4 is 30.3 Å². The van der Waals surface area contributed by atoms with Crippen molar-refractivity contribution < 1.29 is 4.79 Å². The summed E-state index contributed by atoms with van der Waals surface area (Å²) in [7, 11) is 0. The number of aromatic nitrogens is 3. The first-order valence-electron chi connectivity index (χ1n) is 5.18. The van der Waals surface area contributed by atoms with Crippen molar-refractivity contribution in [3.63, 3.8) is 0 Å². The third-order valence-electron chi connectivity index (χ3n) is 2.18. The van der Waals surface area contributed by atoms with Crippen LogP contribution in [0.2, 0.25) is 0 Å². The van der Waals surface area contributed by atoms with Crippen molar-refractivity contribution in [2.45, 2.75) is 0 Å². The minimum absolute atomic E-state index is 0.0819. The van der Waals surface area contributed by atoms with Crippen molar-refractivity contribution in [3.05, 3.63) is 41.2 Å². The molecule has 0 aliphatic heterocycles. The second-order valence-electron chi connectivity index (χ2n) is 3.53. The number of nitrogens with zero attached hydrogens (tertiary/aromatic N) is 3. The largest absolute Gasteiger partial charge is 0.368 e. The van der Waals surface area contributed by atoms with Crippen LogP contribution in [0.5, 0.6) is 0 Å². The van der Waals surface area contributed by atoms with Gasteiger partial charge in [0.2, 0.25) is 11.9 Å². The van der Waals surface area contributed by atoms with E-state index in [0.29, 0.717) is 11.4 Å². The molecule has 6 heteroatoms. The van der Waals surface area contributed by atoms with Gasteiger partial charge in [0.15, 0.2) is 5.82 Å². The Kier molecular flexibility index (Phi) is 3.29. The van der Waals surface area contributed by atoms with E-state index in [1.807, 2.05) is 12.1 Å². The Morgan fingerprint density at radius 1 is 0.833 bits per heavy atom. The number of hydrogen-bond acceptors (Lipinski definition) is 6. The van der Waals surface area contributed by atoms with Gasteiger partial charge < -0.3 is 11.5 Å². The van der Waals surface area contributed by atoms with Gasteiger partial charge in [0.1, 0.15) is 6.29 Å². The summed E-state index contributed by atoms with van der Waals surface area (Å²) in [5, 5.41) is 0. The lowest BCUT2D eigenvalue weighted by Crippen LogP contribution is -2.03. The second kappa shape index (κ2) is 5.05. The van der Waals surface area contributed by atoms with Crippen LogP contribution in [-0.2, 0) is 0 Å². The molecule has 1 heterocycles. The minimum Gasteiger partial charge on any atom is -0.368 e. The zero-order valence-electron chi connectivity index (χ0n) is 9.45. The maximum absolute atomic E-state index is 10.5. The zero-order chi connectivity index (χ0) is 13.0. The summed E-state index contributed by atoms with van der Waals surface area (Å²) in [4.78, 5) is 22.0. The van der Waals surface area contributed by atoms with E-state index < -0.39 is 0 Å². The molecule has 2 rings (SSSR count). The van der Waals surface area contributed by atoms with Crippen molar-refractivity contribution in [3.8, 4) is 0 Å². The summed E-state index contributed by atoms with van der Waals surface area (Å²) in [5.41, 5.74) is 12.4. The number of carbonyl (C=O) groups excluding carboxylic acids is 1. The zero-order valence-corrected chi connectivity index (χ0v) is 9.45. The summed E-state index contributed by atoms with van der Waals surface area (Å²) >= 11 is 0. The minimum atomic E-state index is 0.0819. The molecule has 0 bridgehead atoms. The molecule has 1 aromatic heterocycles. The van der Waals surface area contributed by atoms with Gasteiger partial charge in [-0.15, -0.1) is 0 Å². The maximum atomic E-state index is 10.5. The SMILES string of the molecule is Nc1nc(N)nc(C=Cc2ccc(C=O)cc2)n1. The van der Waals surface area contributed by atoms with E-state index in [1.54, 1.807) is 24.3 Å². The number of nitrogens with two attached hydrogens (primary N) is 2. The molecule has 0 amide bonds. The van der Waals surface area contributed by atoms with Crippen molar-refractivity contribution in [2.24, 2.45) is 0 Å². The van der Waals surface area contributed by atoms with E-state index in [2.05, 4.69) is 15.0 Å². The summed E-state index contributed by atoms with van der Waals surface area (Å²) < 4.78 is 0. The molecule has 0 spiro atoms. The molecule has 1 aromatic carbocycles. The molecule has 4 N–H and O–H groups in total. The highest BCUT2D eigenvalue weighted by atomic mass is 16.1. The number of anilines is 2. The van der Waals surface area contributed by atoms with Crippen LogP contribution >= 0.6 is 0 Å². The Balaban J connectivity index is 2.21. The third-order valence-corrected chi connectivity index (χ3v) is 2.18. The van der Waals surface area contributed by atoms with Gasteiger partial charge in [0, 0.05) is 5.56 Å². The average molecular weight is 241 g/mol. The highest BCUT2D eigenvalue weighted by Gasteiger charge is 1.97. The second-order valence-corrected chi connectivity index (χ2v) is 3.53. The van der Waals surface area contributed by atoms with Gasteiger partial charge in [-0.05, 0) is 11.6 Å². The number of carbonyl (C=O) groups is 1. The molecular weight excluding hydrogens is 230 g/mol. The Hall–Kier alpha value is -2.76. The number of rotatable bonds is 3.